The van der Waals surface area contributed by atoms with E-state index in [0.29, 0.717) is 18.7 Å². The van der Waals surface area contributed by atoms with Gasteiger partial charge >= 0.3 is 5.97 Å². The van der Waals surface area contributed by atoms with Gasteiger partial charge in [-0.1, -0.05) is 0 Å². The van der Waals surface area contributed by atoms with Crippen LogP contribution in [0.5, 0.6) is 0 Å². The Hall–Kier alpha value is -0.570. The lowest BCUT2D eigenvalue weighted by Crippen LogP contribution is -2.42. The largest absolute Gasteiger partial charge is 0.466 e. The van der Waals surface area contributed by atoms with E-state index in [-0.39, 0.29) is 11.9 Å². The number of esters is 1. The van der Waals surface area contributed by atoms with E-state index in [0.717, 1.165) is 12.8 Å². The van der Waals surface area contributed by atoms with Crippen molar-refractivity contribution in [1.82, 2.24) is 4.90 Å². The Morgan fingerprint density at radius 2 is 1.93 bits per heavy atom. The first kappa shape index (κ1) is 9.97. The van der Waals surface area contributed by atoms with Gasteiger partial charge in [0, 0.05) is 12.1 Å². The Kier molecular flexibility index (Phi) is 2.77. The van der Waals surface area contributed by atoms with Crippen molar-refractivity contribution in [3.63, 3.8) is 0 Å². The molecule has 3 heteroatoms. The summed E-state index contributed by atoms with van der Waals surface area (Å²) in [5.74, 6) is 0.196. The van der Waals surface area contributed by atoms with Crippen LogP contribution in [0.15, 0.2) is 0 Å². The zero-order valence-corrected chi connectivity index (χ0v) is 9.03. The van der Waals surface area contributed by atoms with Gasteiger partial charge in [-0.05, 0) is 39.7 Å². The molecule has 2 unspecified atom stereocenters. The molecule has 2 aliphatic rings. The van der Waals surface area contributed by atoms with Crippen molar-refractivity contribution in [2.45, 2.75) is 44.7 Å². The van der Waals surface area contributed by atoms with Crippen LogP contribution in [0, 0.1) is 5.92 Å². The van der Waals surface area contributed by atoms with Crippen LogP contribution >= 0.6 is 0 Å². The molecule has 2 aliphatic heterocycles. The third-order valence-electron chi connectivity index (χ3n) is 3.72. The molecule has 0 aromatic heterocycles. The predicted molar refractivity (Wildman–Crippen MR) is 53.9 cm³/mol. The second-order valence-electron chi connectivity index (χ2n) is 4.47. The first-order chi connectivity index (χ1) is 6.72. The monoisotopic (exact) mass is 197 g/mol. The van der Waals surface area contributed by atoms with E-state index in [9.17, 15) is 4.79 Å². The average molecular weight is 197 g/mol. The molecule has 80 valence electrons. The molecule has 2 bridgehead atoms. The van der Waals surface area contributed by atoms with E-state index < -0.39 is 0 Å². The van der Waals surface area contributed by atoms with Gasteiger partial charge in [-0.25, -0.2) is 0 Å². The van der Waals surface area contributed by atoms with Crippen molar-refractivity contribution in [2.24, 2.45) is 5.92 Å². The van der Waals surface area contributed by atoms with Crippen molar-refractivity contribution < 1.29 is 9.53 Å². The topological polar surface area (TPSA) is 29.5 Å². The molecule has 0 aliphatic carbocycles. The number of hydrogen-bond acceptors (Lipinski definition) is 3. The maximum atomic E-state index is 11.6. The Morgan fingerprint density at radius 3 is 2.43 bits per heavy atom. The molecular weight excluding hydrogens is 178 g/mol. The highest BCUT2D eigenvalue weighted by molar-refractivity contribution is 5.72. The molecule has 0 radical (unpaired) electrons. The molecule has 3 nitrogen and oxygen atoms in total. The van der Waals surface area contributed by atoms with E-state index in [4.69, 9.17) is 4.74 Å². The molecular formula is C11H19NO2. The van der Waals surface area contributed by atoms with E-state index in [1.54, 1.807) is 0 Å². The fraction of sp³-hybridized carbons (Fsp3) is 0.909. The smallest absolute Gasteiger partial charge is 0.309 e. The van der Waals surface area contributed by atoms with Crippen LogP contribution in [0.3, 0.4) is 0 Å². The van der Waals surface area contributed by atoms with E-state index in [2.05, 4.69) is 11.9 Å². The zero-order valence-electron chi connectivity index (χ0n) is 9.03. The van der Waals surface area contributed by atoms with Gasteiger partial charge in [-0.3, -0.25) is 4.79 Å². The lowest BCUT2D eigenvalue weighted by Gasteiger charge is -2.35. The zero-order chi connectivity index (χ0) is 10.1. The van der Waals surface area contributed by atoms with Crippen molar-refractivity contribution >= 4 is 5.97 Å². The number of carbonyl (C=O) groups is 1. The van der Waals surface area contributed by atoms with E-state index >= 15 is 0 Å². The van der Waals surface area contributed by atoms with Gasteiger partial charge in [0.15, 0.2) is 0 Å². The van der Waals surface area contributed by atoms with Gasteiger partial charge in [0.25, 0.3) is 0 Å². The lowest BCUT2D eigenvalue weighted by atomic mass is 9.91. The molecule has 0 aromatic rings. The number of ether oxygens (including phenoxy) is 1. The Bertz CT molecular complexity index is 215. The van der Waals surface area contributed by atoms with E-state index in [1.807, 2.05) is 6.92 Å². The number of carbonyl (C=O) groups excluding carboxylic acids is 1. The van der Waals surface area contributed by atoms with Crippen LogP contribution in [-0.4, -0.2) is 36.6 Å². The fourth-order valence-corrected chi connectivity index (χ4v) is 2.86. The third kappa shape index (κ3) is 1.65. The minimum atomic E-state index is 0.0255. The molecule has 0 aromatic carbocycles. The van der Waals surface area contributed by atoms with Gasteiger partial charge < -0.3 is 9.64 Å². The normalized spacial score (nSPS) is 37.1. The summed E-state index contributed by atoms with van der Waals surface area (Å²) in [6.45, 7) is 2.39. The molecule has 0 amide bonds. The summed E-state index contributed by atoms with van der Waals surface area (Å²) in [5.41, 5.74) is 0. The van der Waals surface area contributed by atoms with Gasteiger partial charge in [-0.15, -0.1) is 0 Å². The SMILES string of the molecule is CCOC(=O)C1CC2CCC(C1)N2C. The molecule has 2 fully saturated rings. The number of hydrogen-bond donors (Lipinski definition) is 0. The Balaban J connectivity index is 1.95. The molecule has 2 atom stereocenters. The van der Waals surface area contributed by atoms with Crippen LogP contribution in [0.1, 0.15) is 32.6 Å². The molecule has 0 saturated carbocycles. The van der Waals surface area contributed by atoms with Crippen molar-refractivity contribution in [3.8, 4) is 0 Å². The van der Waals surface area contributed by atoms with Crippen molar-refractivity contribution in [2.75, 3.05) is 13.7 Å². The number of nitrogens with zero attached hydrogens (tertiary/aromatic N) is 1. The number of piperidine rings is 1. The van der Waals surface area contributed by atoms with Crippen LogP contribution < -0.4 is 0 Å². The van der Waals surface area contributed by atoms with Crippen molar-refractivity contribution in [3.05, 3.63) is 0 Å². The molecule has 2 heterocycles. The Labute approximate surface area is 85.4 Å². The van der Waals surface area contributed by atoms with Crippen LogP contribution in [-0.2, 0) is 9.53 Å². The maximum absolute atomic E-state index is 11.6. The fourth-order valence-electron chi connectivity index (χ4n) is 2.86. The number of fused-ring (bicyclic) bond motifs is 2. The van der Waals surface area contributed by atoms with Crippen LogP contribution in [0.4, 0.5) is 0 Å². The minimum absolute atomic E-state index is 0.0255. The summed E-state index contributed by atoms with van der Waals surface area (Å²) in [5, 5.41) is 0. The van der Waals surface area contributed by atoms with Gasteiger partial charge in [0.1, 0.15) is 0 Å². The highest BCUT2D eigenvalue weighted by atomic mass is 16.5. The summed E-state index contributed by atoms with van der Waals surface area (Å²) in [7, 11) is 2.18. The third-order valence-corrected chi connectivity index (χ3v) is 3.72. The summed E-state index contributed by atoms with van der Waals surface area (Å²) in [6.07, 6.45) is 4.53. The standard InChI is InChI=1S/C11H19NO2/c1-3-14-11(13)8-6-9-4-5-10(7-8)12(9)2/h8-10H,3-7H2,1-2H3. The average Bonchev–Trinajstić information content (AvgIpc) is 2.42. The highest BCUT2D eigenvalue weighted by Gasteiger charge is 2.41. The Morgan fingerprint density at radius 1 is 1.36 bits per heavy atom. The summed E-state index contributed by atoms with van der Waals surface area (Å²) in [4.78, 5) is 14.0. The van der Waals surface area contributed by atoms with E-state index in [1.165, 1.54) is 12.8 Å². The van der Waals surface area contributed by atoms with Crippen LogP contribution in [0.25, 0.3) is 0 Å². The lowest BCUT2D eigenvalue weighted by molar-refractivity contribution is -0.150. The second-order valence-corrected chi connectivity index (χ2v) is 4.47. The first-order valence-corrected chi connectivity index (χ1v) is 5.61. The first-order valence-electron chi connectivity index (χ1n) is 5.61. The molecule has 14 heavy (non-hydrogen) atoms. The minimum Gasteiger partial charge on any atom is -0.466 e. The molecule has 2 saturated heterocycles. The molecule has 2 rings (SSSR count). The number of rotatable bonds is 2. The highest BCUT2D eigenvalue weighted by Crippen LogP contribution is 2.37. The van der Waals surface area contributed by atoms with Gasteiger partial charge in [0.05, 0.1) is 12.5 Å². The van der Waals surface area contributed by atoms with Crippen molar-refractivity contribution in [1.29, 1.82) is 0 Å². The molecule has 0 spiro atoms. The summed E-state index contributed by atoms with van der Waals surface area (Å²) >= 11 is 0. The molecule has 0 N–H and O–H groups in total. The summed E-state index contributed by atoms with van der Waals surface area (Å²) < 4.78 is 5.08. The summed E-state index contributed by atoms with van der Waals surface area (Å²) in [6, 6.07) is 1.26. The maximum Gasteiger partial charge on any atom is 0.309 e. The van der Waals surface area contributed by atoms with Gasteiger partial charge in [-0.2, -0.15) is 0 Å². The van der Waals surface area contributed by atoms with Crippen LogP contribution in [0.2, 0.25) is 0 Å². The van der Waals surface area contributed by atoms with Gasteiger partial charge in [0.2, 0.25) is 0 Å². The predicted octanol–water partition coefficient (Wildman–Crippen LogP) is 1.42. The quantitative estimate of drug-likeness (QED) is 0.627. The second kappa shape index (κ2) is 3.89.